The van der Waals surface area contributed by atoms with Crippen LogP contribution in [0.3, 0.4) is 0 Å². The molecule has 1 aromatic rings. The van der Waals surface area contributed by atoms with Gasteiger partial charge in [0.05, 0.1) is 0 Å². The molecule has 0 bridgehead atoms. The molecule has 1 aromatic carbocycles. The fraction of sp³-hybridized carbons (Fsp3) is 0.591. The first-order valence-corrected chi connectivity index (χ1v) is 10.4. The molecule has 150 valence electrons. The van der Waals surface area contributed by atoms with Gasteiger partial charge < -0.3 is 10.6 Å². The lowest BCUT2D eigenvalue weighted by atomic mass is 9.64. The molecule has 3 fully saturated rings. The molecule has 28 heavy (non-hydrogen) atoms. The van der Waals surface area contributed by atoms with Gasteiger partial charge in [-0.3, -0.25) is 14.5 Å². The largest absolute Gasteiger partial charge is 0.354 e. The average molecular weight is 383 g/mol. The first kappa shape index (κ1) is 19.0. The predicted molar refractivity (Wildman–Crippen MR) is 106 cm³/mol. The van der Waals surface area contributed by atoms with Gasteiger partial charge in [-0.1, -0.05) is 56.5 Å². The number of urea groups is 1. The number of benzene rings is 1. The van der Waals surface area contributed by atoms with E-state index in [0.717, 1.165) is 43.4 Å². The predicted octanol–water partition coefficient (Wildman–Crippen LogP) is 2.73. The van der Waals surface area contributed by atoms with Gasteiger partial charge in [-0.15, -0.1) is 0 Å². The van der Waals surface area contributed by atoms with Crippen LogP contribution in [0.4, 0.5) is 4.79 Å². The third-order valence-electron chi connectivity index (χ3n) is 7.12. The Balaban J connectivity index is 1.39. The number of carbonyl (C=O) groups is 3. The monoisotopic (exact) mass is 383 g/mol. The maximum atomic E-state index is 13.0. The van der Waals surface area contributed by atoms with Crippen LogP contribution in [0.2, 0.25) is 0 Å². The van der Waals surface area contributed by atoms with E-state index in [2.05, 4.69) is 22.8 Å². The maximum absolute atomic E-state index is 13.0. The lowest BCUT2D eigenvalue weighted by Crippen LogP contribution is -2.54. The van der Waals surface area contributed by atoms with Crippen LogP contribution in [0.15, 0.2) is 30.3 Å². The van der Waals surface area contributed by atoms with Gasteiger partial charge in [-0.25, -0.2) is 4.79 Å². The molecule has 4 rings (SSSR count). The van der Waals surface area contributed by atoms with Crippen molar-refractivity contribution in [3.63, 3.8) is 0 Å². The molecule has 2 N–H and O–H groups in total. The van der Waals surface area contributed by atoms with Gasteiger partial charge in [-0.2, -0.15) is 0 Å². The molecule has 4 amide bonds. The Kier molecular flexibility index (Phi) is 4.89. The van der Waals surface area contributed by atoms with Crippen LogP contribution in [0.25, 0.3) is 0 Å². The van der Waals surface area contributed by atoms with E-state index < -0.39 is 11.6 Å². The summed E-state index contributed by atoms with van der Waals surface area (Å²) >= 11 is 0. The smallest absolute Gasteiger partial charge is 0.325 e. The van der Waals surface area contributed by atoms with Crippen LogP contribution in [-0.2, 0) is 15.0 Å². The molecule has 2 saturated carbocycles. The van der Waals surface area contributed by atoms with E-state index in [-0.39, 0.29) is 29.7 Å². The minimum atomic E-state index is -0.811. The summed E-state index contributed by atoms with van der Waals surface area (Å²) in [7, 11) is 0. The number of imide groups is 1. The van der Waals surface area contributed by atoms with Crippen molar-refractivity contribution in [2.45, 2.75) is 62.8 Å². The summed E-state index contributed by atoms with van der Waals surface area (Å²) in [4.78, 5) is 39.1. The van der Waals surface area contributed by atoms with Crippen molar-refractivity contribution in [1.82, 2.24) is 15.5 Å². The molecular weight excluding hydrogens is 354 g/mol. The Hall–Kier alpha value is -2.37. The van der Waals surface area contributed by atoms with Crippen molar-refractivity contribution in [2.75, 3.05) is 13.1 Å². The SMILES string of the molecule is CC1CCCCC12NC(=O)N(CC(=O)NCC1(c3ccccc3)CCC1)C2=O. The standard InChI is InChI=1S/C22H29N3O3/c1-16-8-5-6-13-22(16)19(27)25(20(28)24-22)14-18(26)23-15-21(11-7-12-21)17-9-3-2-4-10-17/h2-4,9-10,16H,5-8,11-15H2,1H3,(H,23,26)(H,24,28). The van der Waals surface area contributed by atoms with E-state index in [0.29, 0.717) is 13.0 Å². The highest BCUT2D eigenvalue weighted by atomic mass is 16.2. The summed E-state index contributed by atoms with van der Waals surface area (Å²) in [6, 6.07) is 9.82. The highest BCUT2D eigenvalue weighted by molar-refractivity contribution is 6.09. The number of nitrogens with one attached hydrogen (secondary N) is 2. The molecule has 2 unspecified atom stereocenters. The topological polar surface area (TPSA) is 78.5 Å². The fourth-order valence-corrected chi connectivity index (χ4v) is 5.07. The van der Waals surface area contributed by atoms with Crippen LogP contribution in [0.1, 0.15) is 57.4 Å². The first-order chi connectivity index (χ1) is 13.5. The Morgan fingerprint density at radius 2 is 1.89 bits per heavy atom. The Morgan fingerprint density at radius 1 is 1.14 bits per heavy atom. The van der Waals surface area contributed by atoms with Crippen LogP contribution >= 0.6 is 0 Å². The van der Waals surface area contributed by atoms with Crippen LogP contribution in [-0.4, -0.2) is 41.4 Å². The zero-order valence-electron chi connectivity index (χ0n) is 16.5. The minimum Gasteiger partial charge on any atom is -0.354 e. The first-order valence-electron chi connectivity index (χ1n) is 10.4. The Labute approximate surface area is 166 Å². The van der Waals surface area contributed by atoms with E-state index in [1.54, 1.807) is 0 Å². The highest BCUT2D eigenvalue weighted by Crippen LogP contribution is 2.43. The van der Waals surface area contributed by atoms with E-state index in [4.69, 9.17) is 0 Å². The molecule has 1 saturated heterocycles. The van der Waals surface area contributed by atoms with E-state index in [9.17, 15) is 14.4 Å². The molecule has 1 aliphatic heterocycles. The Morgan fingerprint density at radius 3 is 2.54 bits per heavy atom. The van der Waals surface area contributed by atoms with Crippen molar-refractivity contribution in [2.24, 2.45) is 5.92 Å². The van der Waals surface area contributed by atoms with Crippen molar-refractivity contribution < 1.29 is 14.4 Å². The highest BCUT2D eigenvalue weighted by Gasteiger charge is 2.55. The van der Waals surface area contributed by atoms with Gasteiger partial charge in [0.1, 0.15) is 12.1 Å². The minimum absolute atomic E-state index is 0.0205. The number of hydrogen-bond donors (Lipinski definition) is 2. The maximum Gasteiger partial charge on any atom is 0.325 e. The van der Waals surface area contributed by atoms with Crippen molar-refractivity contribution in [1.29, 1.82) is 0 Å². The molecule has 6 nitrogen and oxygen atoms in total. The lowest BCUT2D eigenvalue weighted by molar-refractivity contribution is -0.137. The molecule has 2 aliphatic carbocycles. The van der Waals surface area contributed by atoms with Crippen molar-refractivity contribution >= 4 is 17.8 Å². The number of hydrogen-bond acceptors (Lipinski definition) is 3. The third kappa shape index (κ3) is 3.09. The third-order valence-corrected chi connectivity index (χ3v) is 7.12. The number of carbonyl (C=O) groups excluding carboxylic acids is 3. The average Bonchev–Trinajstić information content (AvgIpc) is 2.89. The number of amides is 4. The van der Waals surface area contributed by atoms with Crippen molar-refractivity contribution in [3.05, 3.63) is 35.9 Å². The molecule has 3 aliphatic rings. The number of nitrogens with zero attached hydrogens (tertiary/aromatic N) is 1. The van der Waals surface area contributed by atoms with Crippen LogP contribution in [0.5, 0.6) is 0 Å². The summed E-state index contributed by atoms with van der Waals surface area (Å²) in [5.74, 6) is -0.408. The van der Waals surface area contributed by atoms with Gasteiger partial charge in [0.2, 0.25) is 5.91 Å². The summed E-state index contributed by atoms with van der Waals surface area (Å²) in [6.45, 7) is 2.35. The molecular formula is C22H29N3O3. The summed E-state index contributed by atoms with van der Waals surface area (Å²) < 4.78 is 0. The zero-order chi connectivity index (χ0) is 19.8. The van der Waals surface area contributed by atoms with E-state index in [1.165, 1.54) is 5.56 Å². The van der Waals surface area contributed by atoms with E-state index in [1.807, 2.05) is 25.1 Å². The van der Waals surface area contributed by atoms with Gasteiger partial charge in [0.15, 0.2) is 0 Å². The molecule has 0 radical (unpaired) electrons. The quantitative estimate of drug-likeness (QED) is 0.768. The second-order valence-electron chi connectivity index (χ2n) is 8.72. The molecule has 2 atom stereocenters. The molecule has 1 heterocycles. The van der Waals surface area contributed by atoms with Gasteiger partial charge in [-0.05, 0) is 37.2 Å². The summed E-state index contributed by atoms with van der Waals surface area (Å²) in [5, 5.41) is 5.88. The second-order valence-corrected chi connectivity index (χ2v) is 8.72. The van der Waals surface area contributed by atoms with E-state index >= 15 is 0 Å². The van der Waals surface area contributed by atoms with Crippen molar-refractivity contribution in [3.8, 4) is 0 Å². The second kappa shape index (κ2) is 7.22. The number of rotatable bonds is 5. The van der Waals surface area contributed by atoms with Gasteiger partial charge >= 0.3 is 6.03 Å². The summed E-state index contributed by atoms with van der Waals surface area (Å²) in [6.07, 6.45) is 6.82. The molecule has 0 aromatic heterocycles. The molecule has 6 heteroatoms. The van der Waals surface area contributed by atoms with Crippen LogP contribution < -0.4 is 10.6 Å². The fourth-order valence-electron chi connectivity index (χ4n) is 5.07. The van der Waals surface area contributed by atoms with Gasteiger partial charge in [0.25, 0.3) is 5.91 Å². The lowest BCUT2D eigenvalue weighted by Gasteiger charge is -2.42. The Bertz CT molecular complexity index is 774. The normalized spacial score (nSPS) is 28.8. The zero-order valence-corrected chi connectivity index (χ0v) is 16.5. The van der Waals surface area contributed by atoms with Gasteiger partial charge in [0, 0.05) is 12.0 Å². The molecule has 1 spiro atoms. The van der Waals surface area contributed by atoms with Crippen LogP contribution in [0, 0.1) is 5.92 Å². The summed E-state index contributed by atoms with van der Waals surface area (Å²) in [5.41, 5.74) is 0.411.